The minimum absolute atomic E-state index is 0.0113. The maximum absolute atomic E-state index is 12.0. The van der Waals surface area contributed by atoms with Crippen LogP contribution in [0.4, 0.5) is 0 Å². The summed E-state index contributed by atoms with van der Waals surface area (Å²) >= 11 is 4.87. The Bertz CT molecular complexity index is 401. The second-order valence-electron chi connectivity index (χ2n) is 3.88. The molecule has 0 bridgehead atoms. The second kappa shape index (κ2) is 5.07. The molecule has 16 heavy (non-hydrogen) atoms. The predicted molar refractivity (Wildman–Crippen MR) is 66.1 cm³/mol. The van der Waals surface area contributed by atoms with Gasteiger partial charge < -0.3 is 15.2 Å². The van der Waals surface area contributed by atoms with Crippen LogP contribution in [0.1, 0.15) is 17.4 Å². The largest absolute Gasteiger partial charge is 0.393 e. The Morgan fingerprint density at radius 3 is 2.81 bits per heavy atom. The van der Waals surface area contributed by atoms with Gasteiger partial charge in [0.1, 0.15) is 5.69 Å². The van der Waals surface area contributed by atoms with E-state index in [0.29, 0.717) is 17.2 Å². The fourth-order valence-electron chi connectivity index (χ4n) is 1.34. The number of amides is 1. The number of rotatable bonds is 4. The monoisotopic (exact) mass is 240 g/mol. The average Bonchev–Trinajstić information content (AvgIpc) is 2.62. The van der Waals surface area contributed by atoms with Crippen LogP contribution in [0.3, 0.4) is 0 Å². The summed E-state index contributed by atoms with van der Waals surface area (Å²) in [5.41, 5.74) is 6.06. The summed E-state index contributed by atoms with van der Waals surface area (Å²) in [6.45, 7) is 2.41. The normalized spacial score (nSPS) is 12.2. The zero-order valence-corrected chi connectivity index (χ0v) is 10.5. The fraction of sp³-hybridized carbons (Fsp3) is 0.500. The van der Waals surface area contributed by atoms with Gasteiger partial charge in [0.15, 0.2) is 0 Å². The number of nitrogens with zero attached hydrogens (tertiary/aromatic N) is 3. The smallest absolute Gasteiger partial charge is 0.271 e. The molecule has 1 unspecified atom stereocenters. The molecule has 0 spiro atoms. The van der Waals surface area contributed by atoms with Crippen molar-refractivity contribution >= 4 is 23.1 Å². The van der Waals surface area contributed by atoms with E-state index in [9.17, 15) is 4.79 Å². The Hall–Kier alpha value is -1.43. The van der Waals surface area contributed by atoms with Crippen molar-refractivity contribution in [3.63, 3.8) is 0 Å². The van der Waals surface area contributed by atoms with E-state index in [0.717, 1.165) is 0 Å². The van der Waals surface area contributed by atoms with Gasteiger partial charge in [-0.05, 0) is 0 Å². The van der Waals surface area contributed by atoms with Crippen molar-refractivity contribution in [2.45, 2.75) is 6.92 Å². The van der Waals surface area contributed by atoms with E-state index in [1.165, 1.54) is 0 Å². The van der Waals surface area contributed by atoms with Crippen LogP contribution in [0.25, 0.3) is 0 Å². The first-order valence-corrected chi connectivity index (χ1v) is 5.35. The summed E-state index contributed by atoms with van der Waals surface area (Å²) in [5.74, 6) is -0.0692. The van der Waals surface area contributed by atoms with Crippen LogP contribution in [0.15, 0.2) is 12.5 Å². The Labute approximate surface area is 100 Å². The van der Waals surface area contributed by atoms with Crippen LogP contribution in [0, 0.1) is 5.92 Å². The zero-order chi connectivity index (χ0) is 12.3. The van der Waals surface area contributed by atoms with Crippen molar-refractivity contribution in [2.75, 3.05) is 13.6 Å². The Morgan fingerprint density at radius 2 is 2.38 bits per heavy atom. The van der Waals surface area contributed by atoms with Crippen molar-refractivity contribution in [1.29, 1.82) is 0 Å². The highest BCUT2D eigenvalue weighted by Gasteiger charge is 2.17. The van der Waals surface area contributed by atoms with Gasteiger partial charge >= 0.3 is 0 Å². The zero-order valence-electron chi connectivity index (χ0n) is 9.67. The maximum atomic E-state index is 12.0. The van der Waals surface area contributed by atoms with Crippen LogP contribution >= 0.6 is 12.2 Å². The lowest BCUT2D eigenvalue weighted by Crippen LogP contribution is -2.36. The molecule has 1 atom stereocenters. The SMILES string of the molecule is CC(CN(C)C(=O)c1cncn1C)C(N)=S. The Kier molecular flexibility index (Phi) is 4.00. The molecule has 6 heteroatoms. The van der Waals surface area contributed by atoms with Crippen molar-refractivity contribution in [3.8, 4) is 0 Å². The molecule has 1 aromatic heterocycles. The van der Waals surface area contributed by atoms with Gasteiger partial charge in [-0.15, -0.1) is 0 Å². The van der Waals surface area contributed by atoms with Crippen LogP contribution in [-0.2, 0) is 7.05 Å². The van der Waals surface area contributed by atoms with Crippen LogP contribution in [0.2, 0.25) is 0 Å². The third-order valence-electron chi connectivity index (χ3n) is 2.42. The minimum Gasteiger partial charge on any atom is -0.393 e. The number of carbonyl (C=O) groups excluding carboxylic acids is 1. The first-order chi connectivity index (χ1) is 7.43. The number of aryl methyl sites for hydroxylation is 1. The quantitative estimate of drug-likeness (QED) is 0.774. The molecular formula is C10H16N4OS. The molecule has 0 saturated heterocycles. The predicted octanol–water partition coefficient (Wildman–Crippen LogP) is 0.414. The summed E-state index contributed by atoms with van der Waals surface area (Å²) in [5, 5.41) is 0. The second-order valence-corrected chi connectivity index (χ2v) is 4.35. The van der Waals surface area contributed by atoms with Crippen LogP contribution < -0.4 is 5.73 Å². The highest BCUT2D eigenvalue weighted by Crippen LogP contribution is 2.05. The summed E-state index contributed by atoms with van der Waals surface area (Å²) in [4.78, 5) is 17.9. The number of imidazole rings is 1. The van der Waals surface area contributed by atoms with Gasteiger partial charge in [0.05, 0.1) is 17.5 Å². The molecule has 0 aliphatic heterocycles. The number of hydrogen-bond donors (Lipinski definition) is 1. The molecule has 0 fully saturated rings. The number of carbonyl (C=O) groups is 1. The van der Waals surface area contributed by atoms with Crippen molar-refractivity contribution in [3.05, 3.63) is 18.2 Å². The van der Waals surface area contributed by atoms with Gasteiger partial charge in [-0.25, -0.2) is 4.98 Å². The van der Waals surface area contributed by atoms with E-state index in [-0.39, 0.29) is 11.8 Å². The summed E-state index contributed by atoms with van der Waals surface area (Å²) < 4.78 is 1.68. The maximum Gasteiger partial charge on any atom is 0.271 e. The molecule has 1 amide bonds. The summed E-state index contributed by atoms with van der Waals surface area (Å²) in [6, 6.07) is 0. The molecule has 1 heterocycles. The molecular weight excluding hydrogens is 224 g/mol. The van der Waals surface area contributed by atoms with Gasteiger partial charge in [0.2, 0.25) is 0 Å². The summed E-state index contributed by atoms with van der Waals surface area (Å²) in [7, 11) is 3.51. The highest BCUT2D eigenvalue weighted by molar-refractivity contribution is 7.80. The lowest BCUT2D eigenvalue weighted by Gasteiger charge is -2.20. The van der Waals surface area contributed by atoms with Gasteiger partial charge in [-0.1, -0.05) is 19.1 Å². The van der Waals surface area contributed by atoms with Crippen LogP contribution in [-0.4, -0.2) is 38.9 Å². The molecule has 5 nitrogen and oxygen atoms in total. The molecule has 1 aromatic rings. The highest BCUT2D eigenvalue weighted by atomic mass is 32.1. The van der Waals surface area contributed by atoms with Gasteiger partial charge in [0.25, 0.3) is 5.91 Å². The molecule has 0 aromatic carbocycles. The van der Waals surface area contributed by atoms with Gasteiger partial charge in [-0.2, -0.15) is 0 Å². The van der Waals surface area contributed by atoms with E-state index >= 15 is 0 Å². The minimum atomic E-state index is -0.0805. The van der Waals surface area contributed by atoms with Gasteiger partial charge in [0, 0.05) is 26.6 Å². The van der Waals surface area contributed by atoms with E-state index in [2.05, 4.69) is 4.98 Å². The molecule has 88 valence electrons. The molecule has 0 saturated carbocycles. The fourth-order valence-corrected chi connectivity index (χ4v) is 1.42. The van der Waals surface area contributed by atoms with Gasteiger partial charge in [-0.3, -0.25) is 4.79 Å². The summed E-state index contributed by atoms with van der Waals surface area (Å²) in [6.07, 6.45) is 3.14. The standard InChI is InChI=1S/C10H16N4OS/c1-7(9(11)16)5-13(2)10(15)8-4-12-6-14(8)3/h4,6-7H,5H2,1-3H3,(H2,11,16). The first-order valence-electron chi connectivity index (χ1n) is 4.94. The molecule has 1 rings (SSSR count). The van der Waals surface area contributed by atoms with E-state index in [1.54, 1.807) is 36.1 Å². The Balaban J connectivity index is 2.69. The third-order valence-corrected chi connectivity index (χ3v) is 2.82. The number of thiocarbonyl (C=S) groups is 1. The van der Waals surface area contributed by atoms with Crippen molar-refractivity contribution < 1.29 is 4.79 Å². The van der Waals surface area contributed by atoms with E-state index in [4.69, 9.17) is 18.0 Å². The van der Waals surface area contributed by atoms with E-state index in [1.807, 2.05) is 6.92 Å². The average molecular weight is 240 g/mol. The van der Waals surface area contributed by atoms with Crippen molar-refractivity contribution in [2.24, 2.45) is 18.7 Å². The number of aromatic nitrogens is 2. The van der Waals surface area contributed by atoms with Crippen LogP contribution in [0.5, 0.6) is 0 Å². The molecule has 2 N–H and O–H groups in total. The molecule has 0 aliphatic rings. The Morgan fingerprint density at radius 1 is 1.75 bits per heavy atom. The lowest BCUT2D eigenvalue weighted by atomic mass is 10.1. The third kappa shape index (κ3) is 2.79. The first kappa shape index (κ1) is 12.6. The topological polar surface area (TPSA) is 64.2 Å². The molecule has 0 aliphatic carbocycles. The number of nitrogens with two attached hydrogens (primary N) is 1. The van der Waals surface area contributed by atoms with Crippen molar-refractivity contribution in [1.82, 2.24) is 14.5 Å². The number of hydrogen-bond acceptors (Lipinski definition) is 3. The molecule has 0 radical (unpaired) electrons. The van der Waals surface area contributed by atoms with E-state index < -0.39 is 0 Å². The lowest BCUT2D eigenvalue weighted by molar-refractivity contribution is 0.0777.